The second-order valence-corrected chi connectivity index (χ2v) is 4.93. The second-order valence-electron chi connectivity index (χ2n) is 3.55. The lowest BCUT2D eigenvalue weighted by Crippen LogP contribution is -2.13. The van der Waals surface area contributed by atoms with Crippen molar-refractivity contribution in [1.29, 1.82) is 0 Å². The van der Waals surface area contributed by atoms with Crippen molar-refractivity contribution in [3.8, 4) is 11.4 Å². The maximum Gasteiger partial charge on any atom is 0.316 e. The van der Waals surface area contributed by atoms with Crippen LogP contribution in [-0.4, -0.2) is 33.7 Å². The van der Waals surface area contributed by atoms with E-state index in [-0.39, 0.29) is 11.7 Å². The van der Waals surface area contributed by atoms with Gasteiger partial charge in [0, 0.05) is 10.6 Å². The number of methoxy groups -OCH3 is 1. The Kier molecular flexibility index (Phi) is 4.28. The molecule has 0 unspecified atom stereocenters. The number of hydrogen-bond acceptors (Lipinski definition) is 6. The molecule has 1 aromatic heterocycles. The normalized spacial score (nSPS) is 10.4. The van der Waals surface area contributed by atoms with Gasteiger partial charge in [-0.05, 0) is 24.3 Å². The molecule has 6 nitrogen and oxygen atoms in total. The third-order valence-corrected chi connectivity index (χ3v) is 3.48. The van der Waals surface area contributed by atoms with E-state index < -0.39 is 0 Å². The molecule has 0 aliphatic heterocycles. The lowest BCUT2D eigenvalue weighted by atomic mass is 10.2. The number of nitrogens with zero attached hydrogens (tertiary/aromatic N) is 3. The van der Waals surface area contributed by atoms with Gasteiger partial charge in [0.25, 0.3) is 0 Å². The Bertz CT molecular complexity index is 585. The molecule has 8 heteroatoms. The van der Waals surface area contributed by atoms with Crippen LogP contribution in [0, 0.1) is 0 Å². The summed E-state index contributed by atoms with van der Waals surface area (Å²) in [4.78, 5) is 11.1. The first-order chi connectivity index (χ1) is 9.11. The van der Waals surface area contributed by atoms with E-state index >= 15 is 0 Å². The molecule has 2 aromatic rings. The summed E-state index contributed by atoms with van der Waals surface area (Å²) in [6, 6.07) is 7.08. The molecule has 19 heavy (non-hydrogen) atoms. The van der Waals surface area contributed by atoms with Crippen LogP contribution in [-0.2, 0) is 9.53 Å². The zero-order chi connectivity index (χ0) is 13.8. The minimum atomic E-state index is -0.346. The minimum absolute atomic E-state index is 0.131. The van der Waals surface area contributed by atoms with Crippen LogP contribution in [0.4, 0.5) is 0 Å². The van der Waals surface area contributed by atoms with Gasteiger partial charge in [0.15, 0.2) is 5.82 Å². The molecular formula is C11H11ClN4O2S. The van der Waals surface area contributed by atoms with Crippen molar-refractivity contribution in [3.63, 3.8) is 0 Å². The topological polar surface area (TPSA) is 83.0 Å². The van der Waals surface area contributed by atoms with Crippen LogP contribution in [0.2, 0.25) is 5.02 Å². The van der Waals surface area contributed by atoms with E-state index in [1.165, 1.54) is 11.8 Å². The average molecular weight is 299 g/mol. The van der Waals surface area contributed by atoms with Gasteiger partial charge in [0.2, 0.25) is 5.16 Å². The standard InChI is InChI=1S/C11H11ClN4O2S/c1-18-9(17)6-19-11-15-14-10(16(11)13)7-2-4-8(12)5-3-7/h2-5H,6,13H2,1H3. The average Bonchev–Trinajstić information content (AvgIpc) is 2.78. The van der Waals surface area contributed by atoms with Crippen molar-refractivity contribution >= 4 is 29.3 Å². The molecule has 0 saturated heterocycles. The van der Waals surface area contributed by atoms with E-state index in [2.05, 4.69) is 14.9 Å². The fraction of sp³-hybridized carbons (Fsp3) is 0.182. The van der Waals surface area contributed by atoms with Crippen LogP contribution in [0.3, 0.4) is 0 Å². The molecule has 2 N–H and O–H groups in total. The van der Waals surface area contributed by atoms with Crippen LogP contribution < -0.4 is 5.84 Å². The molecule has 1 heterocycles. The Labute approximate surface area is 118 Å². The van der Waals surface area contributed by atoms with Gasteiger partial charge in [-0.3, -0.25) is 4.79 Å². The highest BCUT2D eigenvalue weighted by atomic mass is 35.5. The highest BCUT2D eigenvalue weighted by Crippen LogP contribution is 2.22. The Morgan fingerprint density at radius 3 is 2.74 bits per heavy atom. The molecular weight excluding hydrogens is 288 g/mol. The van der Waals surface area contributed by atoms with Crippen LogP contribution in [0.5, 0.6) is 0 Å². The minimum Gasteiger partial charge on any atom is -0.468 e. The van der Waals surface area contributed by atoms with Crippen molar-refractivity contribution in [2.45, 2.75) is 5.16 Å². The zero-order valence-corrected chi connectivity index (χ0v) is 11.6. The lowest BCUT2D eigenvalue weighted by molar-refractivity contribution is -0.137. The third-order valence-electron chi connectivity index (χ3n) is 2.31. The first-order valence-electron chi connectivity index (χ1n) is 5.28. The van der Waals surface area contributed by atoms with Crippen molar-refractivity contribution in [3.05, 3.63) is 29.3 Å². The molecule has 0 radical (unpaired) electrons. The monoisotopic (exact) mass is 298 g/mol. The van der Waals surface area contributed by atoms with Gasteiger partial charge in [-0.15, -0.1) is 10.2 Å². The molecule has 100 valence electrons. The number of carbonyl (C=O) groups is 1. The summed E-state index contributed by atoms with van der Waals surface area (Å²) in [7, 11) is 1.33. The largest absolute Gasteiger partial charge is 0.468 e. The summed E-state index contributed by atoms with van der Waals surface area (Å²) in [5, 5.41) is 8.99. The lowest BCUT2D eigenvalue weighted by Gasteiger charge is -2.03. The number of carbonyl (C=O) groups excluding carboxylic acids is 1. The first-order valence-corrected chi connectivity index (χ1v) is 6.64. The van der Waals surface area contributed by atoms with Crippen LogP contribution in [0.15, 0.2) is 29.4 Å². The molecule has 0 fully saturated rings. The Balaban J connectivity index is 2.18. The smallest absolute Gasteiger partial charge is 0.316 e. The predicted molar refractivity (Wildman–Crippen MR) is 73.4 cm³/mol. The van der Waals surface area contributed by atoms with E-state index in [0.29, 0.717) is 16.0 Å². The van der Waals surface area contributed by atoms with Crippen molar-refractivity contribution in [1.82, 2.24) is 14.9 Å². The predicted octanol–water partition coefficient (Wildman–Crippen LogP) is 1.58. The molecule has 0 saturated carbocycles. The highest BCUT2D eigenvalue weighted by molar-refractivity contribution is 7.99. The number of thioether (sulfide) groups is 1. The van der Waals surface area contributed by atoms with Gasteiger partial charge in [0.1, 0.15) is 0 Å². The first kappa shape index (κ1) is 13.7. The number of esters is 1. The number of nitrogens with two attached hydrogens (primary N) is 1. The van der Waals surface area contributed by atoms with E-state index in [4.69, 9.17) is 17.4 Å². The number of benzene rings is 1. The summed E-state index contributed by atoms with van der Waals surface area (Å²) >= 11 is 6.98. The van der Waals surface area contributed by atoms with Gasteiger partial charge in [-0.25, -0.2) is 4.68 Å². The molecule has 0 spiro atoms. The maximum atomic E-state index is 11.1. The van der Waals surface area contributed by atoms with E-state index in [1.807, 2.05) is 0 Å². The fourth-order valence-corrected chi connectivity index (χ4v) is 2.17. The summed E-state index contributed by atoms with van der Waals surface area (Å²) in [6.45, 7) is 0. The van der Waals surface area contributed by atoms with Crippen LogP contribution >= 0.6 is 23.4 Å². The quantitative estimate of drug-likeness (QED) is 0.524. The maximum absolute atomic E-state index is 11.1. The number of aromatic nitrogens is 3. The van der Waals surface area contributed by atoms with Gasteiger partial charge >= 0.3 is 5.97 Å². The van der Waals surface area contributed by atoms with Crippen LogP contribution in [0.1, 0.15) is 0 Å². The van der Waals surface area contributed by atoms with Crippen molar-refractivity contribution in [2.75, 3.05) is 18.7 Å². The molecule has 2 rings (SSSR count). The molecule has 1 aromatic carbocycles. The molecule has 0 amide bonds. The SMILES string of the molecule is COC(=O)CSc1nnc(-c2ccc(Cl)cc2)n1N. The van der Waals surface area contributed by atoms with Crippen LogP contribution in [0.25, 0.3) is 11.4 Å². The van der Waals surface area contributed by atoms with Crippen molar-refractivity contribution < 1.29 is 9.53 Å². The van der Waals surface area contributed by atoms with Gasteiger partial charge in [-0.1, -0.05) is 23.4 Å². The Morgan fingerprint density at radius 1 is 1.42 bits per heavy atom. The van der Waals surface area contributed by atoms with Gasteiger partial charge in [0.05, 0.1) is 12.9 Å². The summed E-state index contributed by atoms with van der Waals surface area (Å²) < 4.78 is 5.87. The molecule has 0 atom stereocenters. The summed E-state index contributed by atoms with van der Waals surface area (Å²) in [6.07, 6.45) is 0. The summed E-state index contributed by atoms with van der Waals surface area (Å²) in [5.74, 6) is 6.18. The molecule has 0 aliphatic carbocycles. The van der Waals surface area contributed by atoms with E-state index in [0.717, 1.165) is 17.3 Å². The number of halogens is 1. The number of hydrogen-bond donors (Lipinski definition) is 1. The third kappa shape index (κ3) is 3.18. The zero-order valence-electron chi connectivity index (χ0n) is 10.0. The fourth-order valence-electron chi connectivity index (χ4n) is 1.35. The van der Waals surface area contributed by atoms with Gasteiger partial charge < -0.3 is 10.6 Å². The van der Waals surface area contributed by atoms with Gasteiger partial charge in [-0.2, -0.15) is 0 Å². The van der Waals surface area contributed by atoms with E-state index in [1.54, 1.807) is 24.3 Å². The Morgan fingerprint density at radius 2 is 2.11 bits per heavy atom. The summed E-state index contributed by atoms with van der Waals surface area (Å²) in [5.41, 5.74) is 0.796. The highest BCUT2D eigenvalue weighted by Gasteiger charge is 2.13. The number of rotatable bonds is 4. The Hall–Kier alpha value is -1.73. The van der Waals surface area contributed by atoms with E-state index in [9.17, 15) is 4.79 Å². The van der Waals surface area contributed by atoms with Crippen molar-refractivity contribution in [2.24, 2.45) is 0 Å². The number of nitrogen functional groups attached to an aromatic ring is 1. The molecule has 0 bridgehead atoms. The second kappa shape index (κ2) is 5.94. The molecule has 0 aliphatic rings. The number of ether oxygens (including phenoxy) is 1.